The summed E-state index contributed by atoms with van der Waals surface area (Å²) >= 11 is 4.91. The summed E-state index contributed by atoms with van der Waals surface area (Å²) in [7, 11) is 0. The van der Waals surface area contributed by atoms with E-state index in [0.717, 1.165) is 26.2 Å². The van der Waals surface area contributed by atoms with Crippen molar-refractivity contribution in [3.63, 3.8) is 0 Å². The van der Waals surface area contributed by atoms with E-state index in [1.54, 1.807) is 0 Å². The van der Waals surface area contributed by atoms with Gasteiger partial charge in [-0.3, -0.25) is 4.90 Å². The van der Waals surface area contributed by atoms with Gasteiger partial charge in [0.1, 0.15) is 0 Å². The molecule has 90 valence electrons. The van der Waals surface area contributed by atoms with Crippen LogP contribution in [0.15, 0.2) is 0 Å². The predicted molar refractivity (Wildman–Crippen MR) is 69.2 cm³/mol. The summed E-state index contributed by atoms with van der Waals surface area (Å²) in [6, 6.07) is 0.460. The van der Waals surface area contributed by atoms with Gasteiger partial charge in [0.15, 0.2) is 0 Å². The first-order chi connectivity index (χ1) is 7.07. The van der Waals surface area contributed by atoms with Crippen LogP contribution in [0.2, 0.25) is 0 Å². The maximum absolute atomic E-state index is 5.53. The van der Waals surface area contributed by atoms with E-state index in [1.165, 1.54) is 6.42 Å². The van der Waals surface area contributed by atoms with Crippen LogP contribution in [-0.4, -0.2) is 42.2 Å². The molecule has 2 N–H and O–H groups in total. The Hall–Kier alpha value is -0.190. The van der Waals surface area contributed by atoms with Gasteiger partial charge in [-0.2, -0.15) is 0 Å². The molecule has 0 bridgehead atoms. The summed E-state index contributed by atoms with van der Waals surface area (Å²) < 4.78 is 5.51. The van der Waals surface area contributed by atoms with Crippen LogP contribution in [0.25, 0.3) is 0 Å². The summed E-state index contributed by atoms with van der Waals surface area (Å²) in [5, 5.41) is 0. The van der Waals surface area contributed by atoms with Gasteiger partial charge in [0.25, 0.3) is 0 Å². The van der Waals surface area contributed by atoms with Gasteiger partial charge < -0.3 is 10.5 Å². The zero-order valence-electron chi connectivity index (χ0n) is 10.2. The van der Waals surface area contributed by atoms with Crippen molar-refractivity contribution in [3.8, 4) is 0 Å². The Bertz CT molecular complexity index is 174. The second-order valence-corrected chi connectivity index (χ2v) is 4.52. The van der Waals surface area contributed by atoms with Crippen molar-refractivity contribution < 1.29 is 4.74 Å². The summed E-state index contributed by atoms with van der Waals surface area (Å²) in [5.74, 6) is 0. The monoisotopic (exact) mass is 232 g/mol. The van der Waals surface area contributed by atoms with E-state index in [0.29, 0.717) is 17.6 Å². The lowest BCUT2D eigenvalue weighted by atomic mass is 10.3. The van der Waals surface area contributed by atoms with Crippen LogP contribution in [0.3, 0.4) is 0 Å². The molecule has 0 saturated carbocycles. The van der Waals surface area contributed by atoms with Gasteiger partial charge in [0, 0.05) is 25.7 Å². The molecule has 0 aliphatic carbocycles. The quantitative estimate of drug-likeness (QED) is 0.486. The summed E-state index contributed by atoms with van der Waals surface area (Å²) in [5.41, 5.74) is 5.53. The Morgan fingerprint density at radius 2 is 2.07 bits per heavy atom. The smallest absolute Gasteiger partial charge is 0.0870 e. The predicted octanol–water partition coefficient (Wildman–Crippen LogP) is 1.80. The molecule has 15 heavy (non-hydrogen) atoms. The van der Waals surface area contributed by atoms with Crippen molar-refractivity contribution in [2.75, 3.05) is 26.3 Å². The molecular weight excluding hydrogens is 208 g/mol. The van der Waals surface area contributed by atoms with Crippen molar-refractivity contribution in [3.05, 3.63) is 0 Å². The average molecular weight is 232 g/mol. The van der Waals surface area contributed by atoms with Crippen molar-refractivity contribution in [2.24, 2.45) is 5.73 Å². The number of hydrogen-bond acceptors (Lipinski definition) is 3. The molecular formula is C11H24N2OS. The van der Waals surface area contributed by atoms with E-state index in [2.05, 4.69) is 25.7 Å². The van der Waals surface area contributed by atoms with E-state index in [9.17, 15) is 0 Å². The van der Waals surface area contributed by atoms with Crippen molar-refractivity contribution in [2.45, 2.75) is 39.7 Å². The van der Waals surface area contributed by atoms with Gasteiger partial charge in [-0.15, -0.1) is 0 Å². The Morgan fingerprint density at radius 3 is 2.53 bits per heavy atom. The van der Waals surface area contributed by atoms with Gasteiger partial charge in [-0.25, -0.2) is 0 Å². The molecule has 0 fully saturated rings. The third-order valence-corrected chi connectivity index (χ3v) is 2.38. The number of rotatable bonds is 9. The third-order valence-electron chi connectivity index (χ3n) is 2.25. The standard InChI is InChI=1S/C11H24N2OS/c1-4-5-7-14-8-6-13(10(2)3)9-11(12)15/h10H,4-9H2,1-3H3,(H2,12,15). The Morgan fingerprint density at radius 1 is 1.40 bits per heavy atom. The topological polar surface area (TPSA) is 38.5 Å². The molecule has 0 atom stereocenters. The highest BCUT2D eigenvalue weighted by atomic mass is 32.1. The van der Waals surface area contributed by atoms with E-state index in [4.69, 9.17) is 22.7 Å². The molecule has 0 unspecified atom stereocenters. The molecule has 3 nitrogen and oxygen atoms in total. The van der Waals surface area contributed by atoms with Crippen LogP contribution in [0.1, 0.15) is 33.6 Å². The van der Waals surface area contributed by atoms with Crippen LogP contribution in [0.5, 0.6) is 0 Å². The molecule has 0 heterocycles. The van der Waals surface area contributed by atoms with Crippen LogP contribution in [0, 0.1) is 0 Å². The minimum absolute atomic E-state index is 0.460. The summed E-state index contributed by atoms with van der Waals surface area (Å²) in [6.07, 6.45) is 2.32. The van der Waals surface area contributed by atoms with Crippen molar-refractivity contribution in [1.82, 2.24) is 4.90 Å². The first-order valence-electron chi connectivity index (χ1n) is 5.68. The highest BCUT2D eigenvalue weighted by Crippen LogP contribution is 1.98. The SMILES string of the molecule is CCCCOCCN(CC(N)=S)C(C)C. The largest absolute Gasteiger partial charge is 0.392 e. The van der Waals surface area contributed by atoms with Crippen LogP contribution in [0.4, 0.5) is 0 Å². The van der Waals surface area contributed by atoms with Crippen molar-refractivity contribution in [1.29, 1.82) is 0 Å². The summed E-state index contributed by atoms with van der Waals surface area (Å²) in [4.78, 5) is 2.78. The van der Waals surface area contributed by atoms with E-state index >= 15 is 0 Å². The van der Waals surface area contributed by atoms with Gasteiger partial charge in [-0.05, 0) is 20.3 Å². The molecule has 0 amide bonds. The van der Waals surface area contributed by atoms with Gasteiger partial charge >= 0.3 is 0 Å². The Kier molecular flexibility index (Phi) is 8.95. The molecule has 4 heteroatoms. The van der Waals surface area contributed by atoms with E-state index in [1.807, 2.05) is 0 Å². The first kappa shape index (κ1) is 14.8. The van der Waals surface area contributed by atoms with Crippen LogP contribution in [-0.2, 0) is 4.74 Å². The second kappa shape index (κ2) is 9.07. The highest BCUT2D eigenvalue weighted by Gasteiger charge is 2.09. The maximum Gasteiger partial charge on any atom is 0.0870 e. The number of hydrogen-bond donors (Lipinski definition) is 1. The minimum Gasteiger partial charge on any atom is -0.392 e. The minimum atomic E-state index is 0.460. The molecule has 0 rings (SSSR count). The fourth-order valence-electron chi connectivity index (χ4n) is 1.25. The van der Waals surface area contributed by atoms with Crippen molar-refractivity contribution >= 4 is 17.2 Å². The lowest BCUT2D eigenvalue weighted by Crippen LogP contribution is -2.39. The average Bonchev–Trinajstić information content (AvgIpc) is 2.15. The van der Waals surface area contributed by atoms with E-state index in [-0.39, 0.29) is 0 Å². The molecule has 0 aliphatic rings. The molecule has 0 saturated heterocycles. The summed E-state index contributed by atoms with van der Waals surface area (Å²) in [6.45, 7) is 9.66. The van der Waals surface area contributed by atoms with E-state index < -0.39 is 0 Å². The molecule has 0 aromatic heterocycles. The highest BCUT2D eigenvalue weighted by molar-refractivity contribution is 7.80. The van der Waals surface area contributed by atoms with Crippen LogP contribution >= 0.6 is 12.2 Å². The fourth-order valence-corrected chi connectivity index (χ4v) is 1.42. The lowest BCUT2D eigenvalue weighted by molar-refractivity contribution is 0.0973. The Balaban J connectivity index is 3.62. The Labute approximate surface area is 99.0 Å². The van der Waals surface area contributed by atoms with Gasteiger partial charge in [-0.1, -0.05) is 25.6 Å². The first-order valence-corrected chi connectivity index (χ1v) is 6.08. The molecule has 0 radical (unpaired) electrons. The maximum atomic E-state index is 5.53. The molecule has 0 spiro atoms. The lowest BCUT2D eigenvalue weighted by Gasteiger charge is -2.25. The normalized spacial score (nSPS) is 11.3. The number of nitrogens with two attached hydrogens (primary N) is 1. The number of nitrogens with zero attached hydrogens (tertiary/aromatic N) is 1. The number of thiocarbonyl (C=S) groups is 1. The molecule has 0 aliphatic heterocycles. The fraction of sp³-hybridized carbons (Fsp3) is 0.909. The third kappa shape index (κ3) is 8.78. The zero-order chi connectivity index (χ0) is 11.7. The number of unbranched alkanes of at least 4 members (excludes halogenated alkanes) is 1. The van der Waals surface area contributed by atoms with Gasteiger partial charge in [0.2, 0.25) is 0 Å². The second-order valence-electron chi connectivity index (χ2n) is 4.00. The zero-order valence-corrected chi connectivity index (χ0v) is 11.0. The molecule has 0 aromatic carbocycles. The van der Waals surface area contributed by atoms with Crippen LogP contribution < -0.4 is 5.73 Å². The van der Waals surface area contributed by atoms with Gasteiger partial charge in [0.05, 0.1) is 11.6 Å². The molecule has 0 aromatic rings. The number of ether oxygens (including phenoxy) is 1.